The number of para-hydroxylation sites is 1. The van der Waals surface area contributed by atoms with Crippen molar-refractivity contribution in [2.45, 2.75) is 0 Å². The number of rotatable bonds is 2. The van der Waals surface area contributed by atoms with Gasteiger partial charge in [0.2, 0.25) is 0 Å². The van der Waals surface area contributed by atoms with Crippen molar-refractivity contribution in [1.82, 2.24) is 0 Å². The normalized spacial score (nSPS) is 10.1. The van der Waals surface area contributed by atoms with Gasteiger partial charge in [-0.1, -0.05) is 41.4 Å². The third-order valence-corrected chi connectivity index (χ3v) is 3.09. The molecule has 2 aromatic rings. The van der Waals surface area contributed by atoms with Gasteiger partial charge in [-0.05, 0) is 24.3 Å². The number of benzene rings is 2. The van der Waals surface area contributed by atoms with Crippen molar-refractivity contribution in [1.29, 1.82) is 0 Å². The molecule has 0 bridgehead atoms. The van der Waals surface area contributed by atoms with Crippen LogP contribution in [-0.2, 0) is 0 Å². The molecule has 2 aromatic carbocycles. The molecule has 0 unspecified atom stereocenters. The summed E-state index contributed by atoms with van der Waals surface area (Å²) in [5, 5.41) is 3.34. The van der Waals surface area contributed by atoms with Crippen molar-refractivity contribution >= 4 is 40.5 Å². The van der Waals surface area contributed by atoms with E-state index < -0.39 is 0 Å². The van der Waals surface area contributed by atoms with E-state index in [0.717, 1.165) is 0 Å². The molecule has 0 aliphatic heterocycles. The monoisotopic (exact) mass is 280 g/mol. The number of nitrogens with one attached hydrogen (secondary N) is 1. The van der Waals surface area contributed by atoms with Crippen LogP contribution < -0.4 is 11.1 Å². The van der Waals surface area contributed by atoms with Crippen LogP contribution in [0.2, 0.25) is 10.0 Å². The summed E-state index contributed by atoms with van der Waals surface area (Å²) < 4.78 is 0. The summed E-state index contributed by atoms with van der Waals surface area (Å²) in [6.07, 6.45) is 0. The van der Waals surface area contributed by atoms with Crippen molar-refractivity contribution in [3.63, 3.8) is 0 Å². The number of halogens is 2. The minimum absolute atomic E-state index is 0.290. The molecule has 0 aliphatic carbocycles. The lowest BCUT2D eigenvalue weighted by atomic mass is 10.1. The topological polar surface area (TPSA) is 55.1 Å². The van der Waals surface area contributed by atoms with Gasteiger partial charge in [-0.25, -0.2) is 0 Å². The summed E-state index contributed by atoms with van der Waals surface area (Å²) >= 11 is 11.7. The lowest BCUT2D eigenvalue weighted by Gasteiger charge is -2.08. The Morgan fingerprint density at radius 3 is 2.33 bits per heavy atom. The maximum Gasteiger partial charge on any atom is 0.257 e. The summed E-state index contributed by atoms with van der Waals surface area (Å²) in [7, 11) is 0. The van der Waals surface area contributed by atoms with E-state index in [0.29, 0.717) is 21.3 Å². The van der Waals surface area contributed by atoms with Crippen molar-refractivity contribution < 1.29 is 4.79 Å². The Morgan fingerprint density at radius 1 is 1.06 bits per heavy atom. The Hall–Kier alpha value is -1.71. The zero-order valence-corrected chi connectivity index (χ0v) is 10.8. The van der Waals surface area contributed by atoms with Crippen LogP contribution in [0.3, 0.4) is 0 Å². The standard InChI is InChI=1S/C13H10Cl2N2O/c14-10-6-9(12(16)7-11(10)15)13(18)17-8-4-2-1-3-5-8/h1-7H,16H2,(H,17,18). The molecular formula is C13H10Cl2N2O. The largest absolute Gasteiger partial charge is 0.398 e. The average Bonchev–Trinajstić information content (AvgIpc) is 2.35. The summed E-state index contributed by atoms with van der Waals surface area (Å²) in [6, 6.07) is 12.0. The van der Waals surface area contributed by atoms with Gasteiger partial charge in [0, 0.05) is 11.4 Å². The third kappa shape index (κ3) is 2.75. The molecule has 92 valence electrons. The second-order valence-corrected chi connectivity index (χ2v) is 4.49. The zero-order valence-electron chi connectivity index (χ0n) is 9.28. The van der Waals surface area contributed by atoms with Gasteiger partial charge in [-0.2, -0.15) is 0 Å². The van der Waals surface area contributed by atoms with Gasteiger partial charge >= 0.3 is 0 Å². The molecule has 18 heavy (non-hydrogen) atoms. The van der Waals surface area contributed by atoms with Gasteiger partial charge < -0.3 is 11.1 Å². The Bertz CT molecular complexity index is 585. The fourth-order valence-electron chi connectivity index (χ4n) is 1.48. The van der Waals surface area contributed by atoms with Gasteiger partial charge in [0.15, 0.2) is 0 Å². The van der Waals surface area contributed by atoms with Crippen molar-refractivity contribution in [3.8, 4) is 0 Å². The van der Waals surface area contributed by atoms with Crippen molar-refractivity contribution in [2.24, 2.45) is 0 Å². The zero-order chi connectivity index (χ0) is 13.1. The van der Waals surface area contributed by atoms with Gasteiger partial charge in [-0.3, -0.25) is 4.79 Å². The van der Waals surface area contributed by atoms with Crippen LogP contribution in [0.5, 0.6) is 0 Å². The first-order valence-corrected chi connectivity index (χ1v) is 5.94. The molecule has 5 heteroatoms. The van der Waals surface area contributed by atoms with E-state index in [4.69, 9.17) is 28.9 Å². The van der Waals surface area contributed by atoms with Gasteiger partial charge in [0.25, 0.3) is 5.91 Å². The van der Waals surface area contributed by atoms with Crippen LogP contribution in [-0.4, -0.2) is 5.91 Å². The van der Waals surface area contributed by atoms with Crippen molar-refractivity contribution in [2.75, 3.05) is 11.1 Å². The van der Waals surface area contributed by atoms with Crippen LogP contribution in [0.4, 0.5) is 11.4 Å². The molecular weight excluding hydrogens is 271 g/mol. The minimum Gasteiger partial charge on any atom is -0.398 e. The highest BCUT2D eigenvalue weighted by Gasteiger charge is 2.12. The smallest absolute Gasteiger partial charge is 0.257 e. The molecule has 0 saturated carbocycles. The number of hydrogen-bond acceptors (Lipinski definition) is 2. The molecule has 0 aliphatic rings. The van der Waals surface area contributed by atoms with Crippen molar-refractivity contribution in [3.05, 3.63) is 58.1 Å². The molecule has 0 radical (unpaired) electrons. The minimum atomic E-state index is -0.322. The second-order valence-electron chi connectivity index (χ2n) is 3.67. The Morgan fingerprint density at radius 2 is 1.67 bits per heavy atom. The number of carbonyl (C=O) groups excluding carboxylic acids is 1. The van der Waals surface area contributed by atoms with E-state index in [1.165, 1.54) is 12.1 Å². The molecule has 0 spiro atoms. The van der Waals surface area contributed by atoms with Gasteiger partial charge in [0.05, 0.1) is 15.6 Å². The SMILES string of the molecule is Nc1cc(Cl)c(Cl)cc1C(=O)Nc1ccccc1. The molecule has 0 heterocycles. The van der Waals surface area contributed by atoms with Gasteiger partial charge in [-0.15, -0.1) is 0 Å². The molecule has 3 N–H and O–H groups in total. The lowest BCUT2D eigenvalue weighted by Crippen LogP contribution is -2.14. The lowest BCUT2D eigenvalue weighted by molar-refractivity contribution is 0.102. The van der Waals surface area contributed by atoms with E-state index in [2.05, 4.69) is 5.32 Å². The van der Waals surface area contributed by atoms with Crippen LogP contribution in [0.15, 0.2) is 42.5 Å². The number of nitrogen functional groups attached to an aromatic ring is 1. The summed E-state index contributed by atoms with van der Waals surface area (Å²) in [5.41, 5.74) is 7.02. The van der Waals surface area contributed by atoms with Gasteiger partial charge in [0.1, 0.15) is 0 Å². The number of amides is 1. The van der Waals surface area contributed by atoms with E-state index in [1.54, 1.807) is 12.1 Å². The summed E-state index contributed by atoms with van der Waals surface area (Å²) in [5.74, 6) is -0.322. The number of anilines is 2. The predicted molar refractivity (Wildman–Crippen MR) is 75.3 cm³/mol. The van der Waals surface area contributed by atoms with Crippen LogP contribution in [0.1, 0.15) is 10.4 Å². The molecule has 0 saturated heterocycles. The number of nitrogens with two attached hydrogens (primary N) is 1. The highest BCUT2D eigenvalue weighted by atomic mass is 35.5. The molecule has 2 rings (SSSR count). The highest BCUT2D eigenvalue weighted by Crippen LogP contribution is 2.27. The summed E-state index contributed by atoms with van der Waals surface area (Å²) in [6.45, 7) is 0. The highest BCUT2D eigenvalue weighted by molar-refractivity contribution is 6.42. The molecule has 3 nitrogen and oxygen atoms in total. The Balaban J connectivity index is 2.27. The third-order valence-electron chi connectivity index (χ3n) is 2.37. The van der Waals surface area contributed by atoms with Crippen LogP contribution >= 0.6 is 23.2 Å². The number of carbonyl (C=O) groups is 1. The first-order chi connectivity index (χ1) is 8.58. The van der Waals surface area contributed by atoms with E-state index in [9.17, 15) is 4.79 Å². The molecule has 1 amide bonds. The fraction of sp³-hybridized carbons (Fsp3) is 0. The molecule has 0 fully saturated rings. The summed E-state index contributed by atoms with van der Waals surface area (Å²) in [4.78, 5) is 12.0. The maximum atomic E-state index is 12.0. The Labute approximate surface area is 115 Å². The fourth-order valence-corrected chi connectivity index (χ4v) is 1.81. The maximum absolute atomic E-state index is 12.0. The van der Waals surface area contributed by atoms with E-state index >= 15 is 0 Å². The molecule has 0 aromatic heterocycles. The van der Waals surface area contributed by atoms with Crippen LogP contribution in [0.25, 0.3) is 0 Å². The first-order valence-electron chi connectivity index (χ1n) is 5.19. The predicted octanol–water partition coefficient (Wildman–Crippen LogP) is 3.83. The van der Waals surface area contributed by atoms with Crippen LogP contribution in [0, 0.1) is 0 Å². The first kappa shape index (κ1) is 12.7. The Kier molecular flexibility index (Phi) is 3.75. The average molecular weight is 281 g/mol. The second kappa shape index (κ2) is 5.29. The van der Waals surface area contributed by atoms with E-state index in [-0.39, 0.29) is 11.6 Å². The van der Waals surface area contributed by atoms with E-state index in [1.807, 2.05) is 18.2 Å². The molecule has 0 atom stereocenters. The quantitative estimate of drug-likeness (QED) is 0.822. The number of hydrogen-bond donors (Lipinski definition) is 2.